The maximum atomic E-state index is 12.5. The first-order valence-corrected chi connectivity index (χ1v) is 10.4. The minimum Gasteiger partial charge on any atom is -0.495 e. The van der Waals surface area contributed by atoms with Gasteiger partial charge in [0.05, 0.1) is 17.7 Å². The molecule has 10 nitrogen and oxygen atoms in total. The Morgan fingerprint density at radius 3 is 2.50 bits per heavy atom. The molecule has 0 aliphatic carbocycles. The van der Waals surface area contributed by atoms with E-state index >= 15 is 0 Å². The van der Waals surface area contributed by atoms with Crippen LogP contribution in [0.15, 0.2) is 47.4 Å². The molecule has 0 aliphatic heterocycles. The lowest BCUT2D eigenvalue weighted by molar-refractivity contribution is -0.117. The minimum atomic E-state index is -3.66. The van der Waals surface area contributed by atoms with Crippen molar-refractivity contribution < 1.29 is 17.9 Å². The highest BCUT2D eigenvalue weighted by atomic mass is 32.2. The van der Waals surface area contributed by atoms with Crippen LogP contribution >= 0.6 is 0 Å². The fourth-order valence-electron chi connectivity index (χ4n) is 2.60. The Morgan fingerprint density at radius 2 is 1.87 bits per heavy atom. The standard InChI is InChI=1S/C19H22N6O4S/c1-13-5-7-14(8-6-13)19-21-23-25(22-19)12-18(26)20-16-11-15(9-10-17(16)29-4)30(27,28)24(2)3/h5-11H,12H2,1-4H3,(H,20,26). The molecule has 0 aliphatic rings. The molecular formula is C19H22N6O4S. The number of aryl methyl sites for hydroxylation is 1. The molecule has 0 atom stereocenters. The molecule has 0 radical (unpaired) electrons. The SMILES string of the molecule is COc1ccc(S(=O)(=O)N(C)C)cc1NC(=O)Cn1nnc(-c2ccc(C)cc2)n1. The van der Waals surface area contributed by atoms with Gasteiger partial charge in [-0.2, -0.15) is 4.80 Å². The molecule has 0 bridgehead atoms. The van der Waals surface area contributed by atoms with E-state index in [9.17, 15) is 13.2 Å². The van der Waals surface area contributed by atoms with E-state index in [2.05, 4.69) is 20.7 Å². The molecule has 1 aromatic heterocycles. The van der Waals surface area contributed by atoms with Gasteiger partial charge < -0.3 is 10.1 Å². The van der Waals surface area contributed by atoms with Gasteiger partial charge >= 0.3 is 0 Å². The molecule has 1 heterocycles. The van der Waals surface area contributed by atoms with E-state index in [-0.39, 0.29) is 17.1 Å². The summed E-state index contributed by atoms with van der Waals surface area (Å²) < 4.78 is 31.0. The average Bonchev–Trinajstić information content (AvgIpc) is 3.16. The Labute approximate surface area is 174 Å². The van der Waals surface area contributed by atoms with Crippen LogP contribution < -0.4 is 10.1 Å². The van der Waals surface area contributed by atoms with Crippen LogP contribution in [-0.2, 0) is 21.4 Å². The van der Waals surface area contributed by atoms with Crippen molar-refractivity contribution in [1.82, 2.24) is 24.5 Å². The van der Waals surface area contributed by atoms with Gasteiger partial charge in [0.25, 0.3) is 0 Å². The first-order valence-electron chi connectivity index (χ1n) is 8.96. The number of hydrogen-bond donors (Lipinski definition) is 1. The van der Waals surface area contributed by atoms with Gasteiger partial charge in [-0.05, 0) is 30.3 Å². The number of rotatable bonds is 7. The third kappa shape index (κ3) is 4.63. The molecule has 3 aromatic rings. The van der Waals surface area contributed by atoms with Crippen LogP contribution in [0.4, 0.5) is 5.69 Å². The Kier molecular flexibility index (Phi) is 6.13. The van der Waals surface area contributed by atoms with E-state index in [1.807, 2.05) is 31.2 Å². The Bertz CT molecular complexity index is 1160. The van der Waals surface area contributed by atoms with Gasteiger partial charge in [-0.1, -0.05) is 29.8 Å². The van der Waals surface area contributed by atoms with E-state index in [0.717, 1.165) is 20.2 Å². The number of hydrogen-bond acceptors (Lipinski definition) is 7. The van der Waals surface area contributed by atoms with Gasteiger partial charge in [-0.25, -0.2) is 12.7 Å². The lowest BCUT2D eigenvalue weighted by Crippen LogP contribution is -2.23. The molecule has 0 fully saturated rings. The number of sulfonamides is 1. The van der Waals surface area contributed by atoms with Gasteiger partial charge in [0.1, 0.15) is 12.3 Å². The van der Waals surface area contributed by atoms with Crippen LogP contribution in [0.5, 0.6) is 5.75 Å². The average molecular weight is 430 g/mol. The van der Waals surface area contributed by atoms with Crippen LogP contribution in [0.25, 0.3) is 11.4 Å². The zero-order valence-electron chi connectivity index (χ0n) is 17.0. The van der Waals surface area contributed by atoms with Crippen molar-refractivity contribution in [3.8, 4) is 17.1 Å². The van der Waals surface area contributed by atoms with Crippen LogP contribution in [0.1, 0.15) is 5.56 Å². The lowest BCUT2D eigenvalue weighted by atomic mass is 10.1. The van der Waals surface area contributed by atoms with E-state index < -0.39 is 15.9 Å². The number of benzene rings is 2. The second-order valence-electron chi connectivity index (χ2n) is 6.71. The number of carbonyl (C=O) groups excluding carboxylic acids is 1. The number of ether oxygens (including phenoxy) is 1. The zero-order chi connectivity index (χ0) is 21.9. The third-order valence-corrected chi connectivity index (χ3v) is 6.08. The molecule has 0 saturated heterocycles. The minimum absolute atomic E-state index is 0.0316. The second kappa shape index (κ2) is 8.59. The largest absolute Gasteiger partial charge is 0.495 e. The summed E-state index contributed by atoms with van der Waals surface area (Å²) in [6.45, 7) is 1.78. The number of tetrazole rings is 1. The van der Waals surface area contributed by atoms with Crippen molar-refractivity contribution in [3.05, 3.63) is 48.0 Å². The first-order chi connectivity index (χ1) is 14.2. The second-order valence-corrected chi connectivity index (χ2v) is 8.86. The predicted molar refractivity (Wildman–Crippen MR) is 110 cm³/mol. The van der Waals surface area contributed by atoms with Crippen molar-refractivity contribution in [2.75, 3.05) is 26.5 Å². The molecule has 3 rings (SSSR count). The molecule has 1 N–H and O–H groups in total. The summed E-state index contributed by atoms with van der Waals surface area (Å²) in [4.78, 5) is 13.7. The first kappa shape index (κ1) is 21.4. The predicted octanol–water partition coefficient (Wildman–Crippen LogP) is 1.55. The molecule has 0 saturated carbocycles. The summed E-state index contributed by atoms with van der Waals surface area (Å²) in [5.41, 5.74) is 2.12. The summed E-state index contributed by atoms with van der Waals surface area (Å²) in [6.07, 6.45) is 0. The van der Waals surface area contributed by atoms with Crippen LogP contribution in [0, 0.1) is 6.92 Å². The summed E-state index contributed by atoms with van der Waals surface area (Å²) >= 11 is 0. The molecule has 0 unspecified atom stereocenters. The Morgan fingerprint density at radius 1 is 1.17 bits per heavy atom. The maximum Gasteiger partial charge on any atom is 0.248 e. The van der Waals surface area contributed by atoms with Crippen molar-refractivity contribution in [2.45, 2.75) is 18.4 Å². The van der Waals surface area contributed by atoms with Crippen LogP contribution in [0.2, 0.25) is 0 Å². The number of amides is 1. The Balaban J connectivity index is 1.77. The van der Waals surface area contributed by atoms with Crippen LogP contribution in [0.3, 0.4) is 0 Å². The summed E-state index contributed by atoms with van der Waals surface area (Å²) in [5.74, 6) is 0.271. The van der Waals surface area contributed by atoms with Gasteiger partial charge in [0.15, 0.2) is 0 Å². The molecule has 2 aromatic carbocycles. The van der Waals surface area contributed by atoms with Gasteiger partial charge in [0, 0.05) is 19.7 Å². The number of methoxy groups -OCH3 is 1. The number of nitrogens with zero attached hydrogens (tertiary/aromatic N) is 5. The van der Waals surface area contributed by atoms with Crippen molar-refractivity contribution in [1.29, 1.82) is 0 Å². The molecule has 30 heavy (non-hydrogen) atoms. The Hall–Kier alpha value is -3.31. The fraction of sp³-hybridized carbons (Fsp3) is 0.263. The third-order valence-electron chi connectivity index (χ3n) is 4.27. The molecule has 0 spiro atoms. The zero-order valence-corrected chi connectivity index (χ0v) is 17.8. The van der Waals surface area contributed by atoms with Crippen molar-refractivity contribution >= 4 is 21.6 Å². The van der Waals surface area contributed by atoms with E-state index in [1.54, 1.807) is 0 Å². The lowest BCUT2D eigenvalue weighted by Gasteiger charge is -2.15. The highest BCUT2D eigenvalue weighted by molar-refractivity contribution is 7.89. The van der Waals surface area contributed by atoms with E-state index in [4.69, 9.17) is 4.74 Å². The topological polar surface area (TPSA) is 119 Å². The highest BCUT2D eigenvalue weighted by Crippen LogP contribution is 2.28. The van der Waals surface area contributed by atoms with E-state index in [1.165, 1.54) is 39.4 Å². The molecule has 1 amide bonds. The van der Waals surface area contributed by atoms with Gasteiger partial charge in [0.2, 0.25) is 21.8 Å². The molecule has 158 valence electrons. The molecule has 11 heteroatoms. The van der Waals surface area contributed by atoms with Crippen molar-refractivity contribution in [3.63, 3.8) is 0 Å². The highest BCUT2D eigenvalue weighted by Gasteiger charge is 2.20. The summed E-state index contributed by atoms with van der Waals surface area (Å²) in [5, 5.41) is 14.7. The molecular weight excluding hydrogens is 408 g/mol. The number of anilines is 1. The smallest absolute Gasteiger partial charge is 0.248 e. The normalized spacial score (nSPS) is 11.5. The van der Waals surface area contributed by atoms with Crippen LogP contribution in [-0.4, -0.2) is 60.0 Å². The number of carbonyl (C=O) groups is 1. The van der Waals surface area contributed by atoms with Crippen molar-refractivity contribution in [2.24, 2.45) is 0 Å². The van der Waals surface area contributed by atoms with E-state index in [0.29, 0.717) is 11.6 Å². The number of nitrogens with one attached hydrogen (secondary N) is 1. The summed E-state index contributed by atoms with van der Waals surface area (Å²) in [6, 6.07) is 11.9. The van der Waals surface area contributed by atoms with Gasteiger partial charge in [-0.3, -0.25) is 4.79 Å². The quantitative estimate of drug-likeness (QED) is 0.604. The summed E-state index contributed by atoms with van der Waals surface area (Å²) in [7, 11) is 0.626. The fourth-order valence-corrected chi connectivity index (χ4v) is 3.53. The number of aromatic nitrogens is 4. The maximum absolute atomic E-state index is 12.5. The monoisotopic (exact) mass is 430 g/mol. The van der Waals surface area contributed by atoms with Gasteiger partial charge in [-0.15, -0.1) is 10.2 Å².